The van der Waals surface area contributed by atoms with Gasteiger partial charge in [-0.15, -0.1) is 0 Å². The number of sulfonamides is 1. The number of benzene rings is 2. The Kier molecular flexibility index (Phi) is 6.95. The Hall–Kier alpha value is -2.58. The largest absolute Gasteiger partial charge is 0.367 e. The molecule has 2 heterocycles. The minimum atomic E-state index is -3.81. The van der Waals surface area contributed by atoms with Crippen LogP contribution in [-0.4, -0.2) is 58.5 Å². The minimum Gasteiger partial charge on any atom is -0.367 e. The Bertz CT molecular complexity index is 1130. The number of rotatable bonds is 5. The summed E-state index contributed by atoms with van der Waals surface area (Å²) in [6.07, 6.45) is 2.13. The third-order valence-electron chi connectivity index (χ3n) is 6.68. The number of carbonyl (C=O) groups excluding carboxylic acids is 1. The molecular formula is C25H34N4O3S. The van der Waals surface area contributed by atoms with E-state index in [-0.39, 0.29) is 10.8 Å². The van der Waals surface area contributed by atoms with Crippen molar-refractivity contribution in [3.63, 3.8) is 0 Å². The first kappa shape index (κ1) is 23.6. The first-order valence-corrected chi connectivity index (χ1v) is 13.2. The van der Waals surface area contributed by atoms with Crippen molar-refractivity contribution in [1.29, 1.82) is 0 Å². The average molecular weight is 471 g/mol. The number of nitrogens with zero attached hydrogens (tertiary/aromatic N) is 2. The van der Waals surface area contributed by atoms with E-state index in [0.29, 0.717) is 17.2 Å². The van der Waals surface area contributed by atoms with Crippen molar-refractivity contribution < 1.29 is 13.2 Å². The second kappa shape index (κ2) is 9.73. The zero-order valence-corrected chi connectivity index (χ0v) is 20.5. The molecule has 8 heteroatoms. The lowest BCUT2D eigenvalue weighted by Gasteiger charge is -2.33. The summed E-state index contributed by atoms with van der Waals surface area (Å²) >= 11 is 0. The Morgan fingerprint density at radius 1 is 1.03 bits per heavy atom. The van der Waals surface area contributed by atoms with Gasteiger partial charge in [-0.05, 0) is 74.1 Å². The maximum Gasteiger partial charge on any atom is 0.261 e. The molecule has 2 fully saturated rings. The van der Waals surface area contributed by atoms with Crippen LogP contribution >= 0.6 is 0 Å². The molecule has 2 aromatic rings. The summed E-state index contributed by atoms with van der Waals surface area (Å²) in [4.78, 5) is 17.5. The van der Waals surface area contributed by atoms with Crippen LogP contribution in [-0.2, 0) is 10.0 Å². The molecule has 33 heavy (non-hydrogen) atoms. The molecule has 4 rings (SSSR count). The first-order chi connectivity index (χ1) is 15.7. The zero-order chi connectivity index (χ0) is 23.6. The van der Waals surface area contributed by atoms with Crippen molar-refractivity contribution >= 4 is 27.3 Å². The van der Waals surface area contributed by atoms with Crippen LogP contribution in [0.1, 0.15) is 41.3 Å². The van der Waals surface area contributed by atoms with E-state index in [1.54, 1.807) is 18.2 Å². The summed E-state index contributed by atoms with van der Waals surface area (Å²) in [7, 11) is -3.81. The number of anilines is 2. The highest BCUT2D eigenvalue weighted by molar-refractivity contribution is 7.92. The lowest BCUT2D eigenvalue weighted by molar-refractivity contribution is 0.0683. The molecule has 2 aliphatic heterocycles. The van der Waals surface area contributed by atoms with Gasteiger partial charge < -0.3 is 15.1 Å². The van der Waals surface area contributed by atoms with Crippen molar-refractivity contribution in [2.45, 2.75) is 38.5 Å². The number of hydrogen-bond acceptors (Lipinski definition) is 5. The molecule has 2 aliphatic rings. The van der Waals surface area contributed by atoms with Crippen molar-refractivity contribution in [2.75, 3.05) is 48.9 Å². The highest BCUT2D eigenvalue weighted by atomic mass is 32.2. The molecule has 0 unspecified atom stereocenters. The molecule has 7 nitrogen and oxygen atoms in total. The number of aryl methyl sites for hydroxylation is 2. The van der Waals surface area contributed by atoms with E-state index in [9.17, 15) is 13.2 Å². The normalized spacial score (nSPS) is 19.4. The van der Waals surface area contributed by atoms with Crippen molar-refractivity contribution in [1.82, 2.24) is 10.2 Å². The number of carbonyl (C=O) groups is 1. The molecule has 0 aliphatic carbocycles. The fourth-order valence-electron chi connectivity index (χ4n) is 4.57. The van der Waals surface area contributed by atoms with Gasteiger partial charge in [-0.3, -0.25) is 9.52 Å². The third kappa shape index (κ3) is 5.33. The molecule has 0 aromatic heterocycles. The molecule has 1 amide bonds. The minimum absolute atomic E-state index is 0.0416. The molecule has 0 bridgehead atoms. The Morgan fingerprint density at radius 3 is 2.48 bits per heavy atom. The predicted octanol–water partition coefficient (Wildman–Crippen LogP) is 3.39. The molecule has 2 N–H and O–H groups in total. The van der Waals surface area contributed by atoms with Crippen LogP contribution in [0.5, 0.6) is 0 Å². The second-order valence-electron chi connectivity index (χ2n) is 9.32. The quantitative estimate of drug-likeness (QED) is 0.700. The summed E-state index contributed by atoms with van der Waals surface area (Å²) in [5.41, 5.74) is 3.72. The lowest BCUT2D eigenvalue weighted by Crippen LogP contribution is -2.44. The van der Waals surface area contributed by atoms with Gasteiger partial charge in [0.15, 0.2) is 0 Å². The smallest absolute Gasteiger partial charge is 0.261 e. The molecule has 178 valence electrons. The predicted molar refractivity (Wildman–Crippen MR) is 133 cm³/mol. The topological polar surface area (TPSA) is 81.8 Å². The van der Waals surface area contributed by atoms with Gasteiger partial charge in [0.25, 0.3) is 15.9 Å². The van der Waals surface area contributed by atoms with Crippen molar-refractivity contribution in [3.8, 4) is 0 Å². The molecule has 2 saturated heterocycles. The van der Waals surface area contributed by atoms with Gasteiger partial charge in [0.1, 0.15) is 0 Å². The number of nitrogens with one attached hydrogen (secondary N) is 2. The van der Waals surface area contributed by atoms with E-state index in [1.165, 1.54) is 0 Å². The number of hydrogen-bond donors (Lipinski definition) is 2. The Labute approximate surface area is 197 Å². The summed E-state index contributed by atoms with van der Waals surface area (Å²) in [6.45, 7) is 10.7. The molecule has 1 atom stereocenters. The van der Waals surface area contributed by atoms with Gasteiger partial charge in [0, 0.05) is 44.8 Å². The van der Waals surface area contributed by atoms with Gasteiger partial charge in [-0.2, -0.15) is 0 Å². The van der Waals surface area contributed by atoms with Gasteiger partial charge in [-0.1, -0.05) is 13.0 Å². The third-order valence-corrected chi connectivity index (χ3v) is 8.04. The van der Waals surface area contributed by atoms with Gasteiger partial charge in [0.2, 0.25) is 0 Å². The molecule has 0 radical (unpaired) electrons. The molecule has 2 aromatic carbocycles. The molecule has 0 saturated carbocycles. The number of piperazine rings is 1. The van der Waals surface area contributed by atoms with E-state index >= 15 is 0 Å². The first-order valence-electron chi connectivity index (χ1n) is 11.7. The van der Waals surface area contributed by atoms with Gasteiger partial charge >= 0.3 is 0 Å². The van der Waals surface area contributed by atoms with E-state index in [0.717, 1.165) is 68.9 Å². The van der Waals surface area contributed by atoms with Crippen LogP contribution in [0.15, 0.2) is 41.3 Å². The van der Waals surface area contributed by atoms with Crippen molar-refractivity contribution in [2.24, 2.45) is 5.92 Å². The van der Waals surface area contributed by atoms with Crippen LogP contribution in [0.25, 0.3) is 0 Å². The number of likely N-dealkylation sites (tertiary alicyclic amines) is 1. The Balaban J connectivity index is 1.69. The van der Waals surface area contributed by atoms with Crippen LogP contribution < -0.4 is 14.9 Å². The second-order valence-corrected chi connectivity index (χ2v) is 11.0. The van der Waals surface area contributed by atoms with Crippen LogP contribution in [0, 0.1) is 19.8 Å². The lowest BCUT2D eigenvalue weighted by atomic mass is 9.99. The maximum absolute atomic E-state index is 13.3. The standard InChI is InChI=1S/C25H34N4O3S/c1-18-5-4-12-29(17-18)25(30)21-7-9-24(28-13-10-26-11-14-28)23(16-21)27-33(31,32)22-8-6-19(2)20(3)15-22/h6-9,15-16,18,26-27H,4-5,10-14,17H2,1-3H3/t18-/m1/s1. The van der Waals surface area contributed by atoms with E-state index in [2.05, 4.69) is 21.9 Å². The van der Waals surface area contributed by atoms with Crippen LogP contribution in [0.2, 0.25) is 0 Å². The van der Waals surface area contributed by atoms with Crippen molar-refractivity contribution in [3.05, 3.63) is 53.1 Å². The highest BCUT2D eigenvalue weighted by Crippen LogP contribution is 2.31. The summed E-state index contributed by atoms with van der Waals surface area (Å²) in [6, 6.07) is 10.5. The summed E-state index contributed by atoms with van der Waals surface area (Å²) in [5, 5.41) is 3.33. The highest BCUT2D eigenvalue weighted by Gasteiger charge is 2.25. The molecule has 0 spiro atoms. The van der Waals surface area contributed by atoms with Gasteiger partial charge in [0.05, 0.1) is 16.3 Å². The van der Waals surface area contributed by atoms with Crippen LogP contribution in [0.4, 0.5) is 11.4 Å². The zero-order valence-electron chi connectivity index (χ0n) is 19.7. The number of amides is 1. The fraction of sp³-hybridized carbons (Fsp3) is 0.480. The SMILES string of the molecule is Cc1ccc(S(=O)(=O)Nc2cc(C(=O)N3CCC[C@@H](C)C3)ccc2N2CCNCC2)cc1C. The average Bonchev–Trinajstić information content (AvgIpc) is 2.80. The van der Waals surface area contributed by atoms with E-state index in [4.69, 9.17) is 0 Å². The fourth-order valence-corrected chi connectivity index (χ4v) is 5.72. The Morgan fingerprint density at radius 2 is 1.79 bits per heavy atom. The van der Waals surface area contributed by atoms with Crippen LogP contribution in [0.3, 0.4) is 0 Å². The molecular weight excluding hydrogens is 436 g/mol. The van der Waals surface area contributed by atoms with E-state index < -0.39 is 10.0 Å². The summed E-state index contributed by atoms with van der Waals surface area (Å²) in [5.74, 6) is 0.436. The van der Waals surface area contributed by atoms with Gasteiger partial charge in [-0.25, -0.2) is 8.42 Å². The number of piperidine rings is 1. The monoisotopic (exact) mass is 470 g/mol. The summed E-state index contributed by atoms with van der Waals surface area (Å²) < 4.78 is 29.4. The van der Waals surface area contributed by atoms with E-state index in [1.807, 2.05) is 36.9 Å². The maximum atomic E-state index is 13.3.